The molecule has 1 rings (SSSR count). The molecule has 16 heavy (non-hydrogen) atoms. The van der Waals surface area contributed by atoms with Crippen molar-refractivity contribution in [1.82, 2.24) is 4.90 Å². The molecule has 0 aliphatic carbocycles. The molecule has 0 radical (unpaired) electrons. The molecule has 0 bridgehead atoms. The minimum absolute atomic E-state index is 0.0982. The van der Waals surface area contributed by atoms with Crippen molar-refractivity contribution >= 4 is 11.9 Å². The maximum Gasteiger partial charge on any atom is 0.315 e. The van der Waals surface area contributed by atoms with Gasteiger partial charge in [0, 0.05) is 25.6 Å². The Morgan fingerprint density at radius 2 is 1.94 bits per heavy atom. The number of rotatable bonds is 4. The van der Waals surface area contributed by atoms with E-state index in [0.29, 0.717) is 13.2 Å². The van der Waals surface area contributed by atoms with E-state index in [1.807, 2.05) is 6.92 Å². The van der Waals surface area contributed by atoms with Crippen molar-refractivity contribution < 1.29 is 19.1 Å². The van der Waals surface area contributed by atoms with E-state index in [0.717, 1.165) is 13.1 Å². The fourth-order valence-electron chi connectivity index (χ4n) is 1.63. The van der Waals surface area contributed by atoms with Gasteiger partial charge in [-0.15, -0.1) is 0 Å². The van der Waals surface area contributed by atoms with Gasteiger partial charge in [-0.1, -0.05) is 6.92 Å². The summed E-state index contributed by atoms with van der Waals surface area (Å²) in [6.07, 6.45) is 0.489. The molecule has 0 saturated carbocycles. The highest BCUT2D eigenvalue weighted by atomic mass is 16.6. The Morgan fingerprint density at radius 1 is 1.31 bits per heavy atom. The third kappa shape index (κ3) is 4.28. The van der Waals surface area contributed by atoms with Gasteiger partial charge in [-0.05, 0) is 6.92 Å². The average molecular weight is 229 g/mol. The second-order valence-electron chi connectivity index (χ2n) is 3.90. The molecule has 0 aromatic carbocycles. The first-order valence-electron chi connectivity index (χ1n) is 5.68. The van der Waals surface area contributed by atoms with Gasteiger partial charge in [-0.3, -0.25) is 14.5 Å². The van der Waals surface area contributed by atoms with Crippen molar-refractivity contribution in [3.05, 3.63) is 0 Å². The van der Waals surface area contributed by atoms with Gasteiger partial charge >= 0.3 is 11.9 Å². The highest BCUT2D eigenvalue weighted by molar-refractivity contribution is 5.85. The van der Waals surface area contributed by atoms with E-state index < -0.39 is 11.9 Å². The number of morpholine rings is 1. The molecule has 5 heteroatoms. The molecule has 0 aromatic rings. The molecular weight excluding hydrogens is 210 g/mol. The van der Waals surface area contributed by atoms with Gasteiger partial charge in [-0.25, -0.2) is 0 Å². The van der Waals surface area contributed by atoms with E-state index in [2.05, 4.69) is 9.64 Å². The molecule has 0 amide bonds. The van der Waals surface area contributed by atoms with Gasteiger partial charge < -0.3 is 9.47 Å². The smallest absolute Gasteiger partial charge is 0.315 e. The molecule has 1 heterocycles. The fraction of sp³-hybridized carbons (Fsp3) is 0.818. The summed E-state index contributed by atoms with van der Waals surface area (Å²) in [5.74, 6) is -0.898. The molecule has 0 N–H and O–H groups in total. The summed E-state index contributed by atoms with van der Waals surface area (Å²) in [5, 5.41) is 0. The number of carbonyl (C=O) groups is 2. The van der Waals surface area contributed by atoms with E-state index in [9.17, 15) is 9.59 Å². The molecule has 0 aromatic heterocycles. The normalized spacial score (nSPS) is 19.1. The SMILES string of the molecule is CCC(=O)OC(=O)CC(C)N1CCOCC1. The van der Waals surface area contributed by atoms with E-state index in [4.69, 9.17) is 4.74 Å². The number of nitrogens with zero attached hydrogens (tertiary/aromatic N) is 1. The first kappa shape index (κ1) is 13.1. The minimum Gasteiger partial charge on any atom is -0.393 e. The Hall–Kier alpha value is -0.940. The Kier molecular flexibility index (Phi) is 5.42. The summed E-state index contributed by atoms with van der Waals surface area (Å²) < 4.78 is 9.85. The van der Waals surface area contributed by atoms with E-state index >= 15 is 0 Å². The monoisotopic (exact) mass is 229 g/mol. The van der Waals surface area contributed by atoms with E-state index in [1.54, 1.807) is 6.92 Å². The quantitative estimate of drug-likeness (QED) is 0.521. The van der Waals surface area contributed by atoms with Crippen molar-refractivity contribution in [2.75, 3.05) is 26.3 Å². The van der Waals surface area contributed by atoms with Crippen LogP contribution < -0.4 is 0 Å². The zero-order valence-corrected chi connectivity index (χ0v) is 9.90. The second kappa shape index (κ2) is 6.60. The Morgan fingerprint density at radius 3 is 2.50 bits per heavy atom. The average Bonchev–Trinajstić information content (AvgIpc) is 2.29. The molecule has 92 valence electrons. The number of hydrogen-bond acceptors (Lipinski definition) is 5. The van der Waals surface area contributed by atoms with Crippen molar-refractivity contribution in [3.8, 4) is 0 Å². The zero-order valence-electron chi connectivity index (χ0n) is 9.90. The summed E-state index contributed by atoms with van der Waals surface area (Å²) >= 11 is 0. The van der Waals surface area contributed by atoms with Gasteiger partial charge in [0.2, 0.25) is 0 Å². The Labute approximate surface area is 95.7 Å². The van der Waals surface area contributed by atoms with Crippen LogP contribution in [0.25, 0.3) is 0 Å². The van der Waals surface area contributed by atoms with Gasteiger partial charge in [0.15, 0.2) is 0 Å². The standard InChI is InChI=1S/C11H19NO4/c1-3-10(13)16-11(14)8-9(2)12-4-6-15-7-5-12/h9H,3-8H2,1-2H3. The molecule has 1 saturated heterocycles. The maximum absolute atomic E-state index is 11.4. The van der Waals surface area contributed by atoms with Crippen LogP contribution in [0, 0.1) is 0 Å². The fourth-order valence-corrected chi connectivity index (χ4v) is 1.63. The number of carbonyl (C=O) groups excluding carboxylic acids is 2. The minimum atomic E-state index is -0.459. The topological polar surface area (TPSA) is 55.8 Å². The van der Waals surface area contributed by atoms with Crippen molar-refractivity contribution in [2.45, 2.75) is 32.7 Å². The van der Waals surface area contributed by atoms with Gasteiger partial charge in [0.05, 0.1) is 19.6 Å². The number of ether oxygens (including phenoxy) is 2. The zero-order chi connectivity index (χ0) is 12.0. The summed E-state index contributed by atoms with van der Waals surface area (Å²) in [6.45, 7) is 6.69. The van der Waals surface area contributed by atoms with E-state index in [1.165, 1.54) is 0 Å². The van der Waals surface area contributed by atoms with Crippen LogP contribution in [-0.4, -0.2) is 49.2 Å². The van der Waals surface area contributed by atoms with Crippen molar-refractivity contribution in [2.24, 2.45) is 0 Å². The molecule has 0 spiro atoms. The number of hydrogen-bond donors (Lipinski definition) is 0. The molecule has 5 nitrogen and oxygen atoms in total. The van der Waals surface area contributed by atoms with Crippen LogP contribution in [0.15, 0.2) is 0 Å². The summed E-state index contributed by atoms with van der Waals surface area (Å²) in [5.41, 5.74) is 0. The Bertz CT molecular complexity index is 248. The van der Waals surface area contributed by atoms with Crippen LogP contribution in [-0.2, 0) is 19.1 Å². The van der Waals surface area contributed by atoms with Crippen LogP contribution in [0.2, 0.25) is 0 Å². The predicted molar refractivity (Wildman–Crippen MR) is 57.9 cm³/mol. The van der Waals surface area contributed by atoms with Crippen LogP contribution in [0.1, 0.15) is 26.7 Å². The maximum atomic E-state index is 11.4. The van der Waals surface area contributed by atoms with E-state index in [-0.39, 0.29) is 18.9 Å². The van der Waals surface area contributed by atoms with Crippen molar-refractivity contribution in [1.29, 1.82) is 0 Å². The molecular formula is C11H19NO4. The largest absolute Gasteiger partial charge is 0.393 e. The highest BCUT2D eigenvalue weighted by Crippen LogP contribution is 2.08. The molecule has 1 atom stereocenters. The number of esters is 2. The van der Waals surface area contributed by atoms with Crippen LogP contribution in [0.5, 0.6) is 0 Å². The lowest BCUT2D eigenvalue weighted by Crippen LogP contribution is -2.43. The first-order valence-corrected chi connectivity index (χ1v) is 5.68. The third-order valence-corrected chi connectivity index (χ3v) is 2.65. The van der Waals surface area contributed by atoms with Crippen LogP contribution in [0.4, 0.5) is 0 Å². The lowest BCUT2D eigenvalue weighted by atomic mass is 10.2. The van der Waals surface area contributed by atoms with Crippen LogP contribution in [0.3, 0.4) is 0 Å². The molecule has 1 unspecified atom stereocenters. The first-order chi connectivity index (χ1) is 7.63. The van der Waals surface area contributed by atoms with Crippen molar-refractivity contribution in [3.63, 3.8) is 0 Å². The molecule has 1 fully saturated rings. The molecule has 1 aliphatic rings. The Balaban J connectivity index is 2.29. The lowest BCUT2D eigenvalue weighted by molar-refractivity contribution is -0.160. The summed E-state index contributed by atoms with van der Waals surface area (Å²) in [6, 6.07) is 0.0982. The van der Waals surface area contributed by atoms with Crippen LogP contribution >= 0.6 is 0 Å². The summed E-state index contributed by atoms with van der Waals surface area (Å²) in [7, 11) is 0. The lowest BCUT2D eigenvalue weighted by Gasteiger charge is -2.31. The summed E-state index contributed by atoms with van der Waals surface area (Å²) in [4.78, 5) is 24.4. The third-order valence-electron chi connectivity index (χ3n) is 2.65. The predicted octanol–water partition coefficient (Wildman–Crippen LogP) is 0.577. The van der Waals surface area contributed by atoms with Gasteiger partial charge in [-0.2, -0.15) is 0 Å². The van der Waals surface area contributed by atoms with Gasteiger partial charge in [0.1, 0.15) is 0 Å². The molecule has 1 aliphatic heterocycles. The highest BCUT2D eigenvalue weighted by Gasteiger charge is 2.21. The van der Waals surface area contributed by atoms with Gasteiger partial charge in [0.25, 0.3) is 0 Å². The second-order valence-corrected chi connectivity index (χ2v) is 3.90.